The molecule has 2 N–H and O–H groups in total. The van der Waals surface area contributed by atoms with Crippen LogP contribution in [0.25, 0.3) is 0 Å². The van der Waals surface area contributed by atoms with Crippen LogP contribution in [0.15, 0.2) is 18.2 Å². The first-order valence-corrected chi connectivity index (χ1v) is 6.51. The number of aromatic carboxylic acids is 1. The molecule has 2 amide bonds. The molecule has 0 spiro atoms. The van der Waals surface area contributed by atoms with Gasteiger partial charge in [-0.2, -0.15) is 0 Å². The van der Waals surface area contributed by atoms with Gasteiger partial charge in [0.15, 0.2) is 0 Å². The summed E-state index contributed by atoms with van der Waals surface area (Å²) in [6.45, 7) is 2.49. The first-order chi connectivity index (χ1) is 9.02. The molecule has 0 bridgehead atoms. The van der Waals surface area contributed by atoms with Gasteiger partial charge >= 0.3 is 12.0 Å². The molecule has 0 radical (unpaired) electrons. The van der Waals surface area contributed by atoms with Crippen molar-refractivity contribution in [2.45, 2.75) is 25.8 Å². The van der Waals surface area contributed by atoms with E-state index in [1.165, 1.54) is 18.2 Å². The molecular formula is C13H15ClN2O3. The van der Waals surface area contributed by atoms with Crippen LogP contribution < -0.4 is 5.32 Å². The summed E-state index contributed by atoms with van der Waals surface area (Å²) >= 11 is 5.84. The number of nitrogens with one attached hydrogen (secondary N) is 1. The van der Waals surface area contributed by atoms with Crippen LogP contribution in [0.3, 0.4) is 0 Å². The lowest BCUT2D eigenvalue weighted by atomic mass is 10.2. The Morgan fingerprint density at radius 2 is 2.16 bits per heavy atom. The summed E-state index contributed by atoms with van der Waals surface area (Å²) in [6, 6.07) is 4.31. The van der Waals surface area contributed by atoms with Gasteiger partial charge in [0.05, 0.1) is 11.3 Å². The van der Waals surface area contributed by atoms with Crippen molar-refractivity contribution in [2.24, 2.45) is 0 Å². The molecule has 0 aromatic heterocycles. The van der Waals surface area contributed by atoms with Crippen molar-refractivity contribution < 1.29 is 14.7 Å². The molecule has 0 saturated heterocycles. The van der Waals surface area contributed by atoms with Gasteiger partial charge in [0, 0.05) is 17.6 Å². The standard InChI is InChI=1S/C13H15ClN2O3/c1-2-16(9-4-5-9)13(19)15-11-7-8(14)3-6-10(11)12(17)18/h3,6-7,9H,2,4-5H2,1H3,(H,15,19)(H,17,18). The fourth-order valence-electron chi connectivity index (χ4n) is 1.95. The van der Waals surface area contributed by atoms with Gasteiger partial charge in [0.25, 0.3) is 0 Å². The Kier molecular flexibility index (Phi) is 3.95. The summed E-state index contributed by atoms with van der Waals surface area (Å²) in [6.07, 6.45) is 2.01. The molecule has 1 fully saturated rings. The highest BCUT2D eigenvalue weighted by atomic mass is 35.5. The minimum atomic E-state index is -1.10. The number of halogens is 1. The normalized spacial score (nSPS) is 14.0. The van der Waals surface area contributed by atoms with E-state index in [0.29, 0.717) is 11.6 Å². The highest BCUT2D eigenvalue weighted by Crippen LogP contribution is 2.28. The SMILES string of the molecule is CCN(C(=O)Nc1cc(Cl)ccc1C(=O)O)C1CC1. The summed E-state index contributed by atoms with van der Waals surface area (Å²) in [4.78, 5) is 24.9. The monoisotopic (exact) mass is 282 g/mol. The molecule has 0 atom stereocenters. The van der Waals surface area contributed by atoms with Gasteiger partial charge < -0.3 is 15.3 Å². The van der Waals surface area contributed by atoms with Crippen LogP contribution in [-0.2, 0) is 0 Å². The molecule has 1 saturated carbocycles. The first-order valence-electron chi connectivity index (χ1n) is 6.13. The molecule has 2 rings (SSSR count). The molecule has 0 aliphatic heterocycles. The minimum absolute atomic E-state index is 0.0320. The molecule has 0 unspecified atom stereocenters. The average molecular weight is 283 g/mol. The molecule has 6 heteroatoms. The lowest BCUT2D eigenvalue weighted by Gasteiger charge is -2.21. The molecule has 5 nitrogen and oxygen atoms in total. The second kappa shape index (κ2) is 5.48. The summed E-state index contributed by atoms with van der Waals surface area (Å²) in [5, 5.41) is 12.1. The summed E-state index contributed by atoms with van der Waals surface area (Å²) in [5.74, 6) is -1.10. The Morgan fingerprint density at radius 1 is 1.47 bits per heavy atom. The third kappa shape index (κ3) is 3.17. The Labute approximate surface area is 116 Å². The second-order valence-corrected chi connectivity index (χ2v) is 4.88. The Hall–Kier alpha value is -1.75. The Balaban J connectivity index is 2.19. The topological polar surface area (TPSA) is 69.6 Å². The lowest BCUT2D eigenvalue weighted by Crippen LogP contribution is -2.36. The zero-order valence-corrected chi connectivity index (χ0v) is 11.3. The van der Waals surface area contributed by atoms with Gasteiger partial charge in [-0.05, 0) is 38.0 Å². The number of hydrogen-bond acceptors (Lipinski definition) is 2. The van der Waals surface area contributed by atoms with Gasteiger partial charge in [-0.3, -0.25) is 0 Å². The Bertz CT molecular complexity index is 515. The van der Waals surface area contributed by atoms with Crippen LogP contribution in [0.1, 0.15) is 30.1 Å². The number of nitrogens with zero attached hydrogens (tertiary/aromatic N) is 1. The van der Waals surface area contributed by atoms with E-state index in [9.17, 15) is 9.59 Å². The van der Waals surface area contributed by atoms with Crippen molar-refractivity contribution in [3.05, 3.63) is 28.8 Å². The Morgan fingerprint density at radius 3 is 2.68 bits per heavy atom. The summed E-state index contributed by atoms with van der Waals surface area (Å²) in [5.41, 5.74) is 0.258. The summed E-state index contributed by atoms with van der Waals surface area (Å²) in [7, 11) is 0. The maximum atomic E-state index is 12.1. The van der Waals surface area contributed by atoms with E-state index in [1.807, 2.05) is 6.92 Å². The van der Waals surface area contributed by atoms with E-state index < -0.39 is 5.97 Å². The molecule has 1 aromatic rings. The van der Waals surface area contributed by atoms with Gasteiger partial charge in [0.2, 0.25) is 0 Å². The number of carbonyl (C=O) groups excluding carboxylic acids is 1. The van der Waals surface area contributed by atoms with Gasteiger partial charge in [-0.25, -0.2) is 9.59 Å². The number of carboxylic acid groups (broad SMARTS) is 1. The fraction of sp³-hybridized carbons (Fsp3) is 0.385. The van der Waals surface area contributed by atoms with E-state index in [0.717, 1.165) is 12.8 Å². The van der Waals surface area contributed by atoms with Crippen molar-refractivity contribution >= 4 is 29.3 Å². The quantitative estimate of drug-likeness (QED) is 0.892. The van der Waals surface area contributed by atoms with Crippen LogP contribution in [0, 0.1) is 0 Å². The first kappa shape index (κ1) is 13.7. The third-order valence-electron chi connectivity index (χ3n) is 3.04. The molecule has 1 aliphatic carbocycles. The maximum Gasteiger partial charge on any atom is 0.337 e. The van der Waals surface area contributed by atoms with Crippen LogP contribution in [0.4, 0.5) is 10.5 Å². The van der Waals surface area contributed by atoms with E-state index in [2.05, 4.69) is 5.32 Å². The average Bonchev–Trinajstić information content (AvgIpc) is 3.14. The van der Waals surface area contributed by atoms with E-state index in [-0.39, 0.29) is 23.3 Å². The smallest absolute Gasteiger partial charge is 0.337 e. The third-order valence-corrected chi connectivity index (χ3v) is 3.28. The highest BCUT2D eigenvalue weighted by Gasteiger charge is 2.31. The van der Waals surface area contributed by atoms with Crippen LogP contribution in [0.5, 0.6) is 0 Å². The van der Waals surface area contributed by atoms with Crippen molar-refractivity contribution in [1.29, 1.82) is 0 Å². The van der Waals surface area contributed by atoms with Crippen molar-refractivity contribution in [2.75, 3.05) is 11.9 Å². The zero-order chi connectivity index (χ0) is 14.0. The fourth-order valence-corrected chi connectivity index (χ4v) is 2.12. The molecule has 1 aromatic carbocycles. The van der Waals surface area contributed by atoms with Crippen LogP contribution in [0.2, 0.25) is 5.02 Å². The predicted octanol–water partition coefficient (Wildman–Crippen LogP) is 3.05. The molecule has 102 valence electrons. The van der Waals surface area contributed by atoms with Gasteiger partial charge in [-0.1, -0.05) is 11.6 Å². The number of rotatable bonds is 4. The number of urea groups is 1. The number of hydrogen-bond donors (Lipinski definition) is 2. The molecule has 19 heavy (non-hydrogen) atoms. The molecule has 0 heterocycles. The van der Waals surface area contributed by atoms with Gasteiger partial charge in [0.1, 0.15) is 0 Å². The van der Waals surface area contributed by atoms with Crippen molar-refractivity contribution in [3.8, 4) is 0 Å². The van der Waals surface area contributed by atoms with E-state index >= 15 is 0 Å². The largest absolute Gasteiger partial charge is 0.478 e. The zero-order valence-electron chi connectivity index (χ0n) is 10.5. The lowest BCUT2D eigenvalue weighted by molar-refractivity contribution is 0.0698. The highest BCUT2D eigenvalue weighted by molar-refractivity contribution is 6.31. The number of benzene rings is 1. The number of anilines is 1. The van der Waals surface area contributed by atoms with Crippen LogP contribution in [-0.4, -0.2) is 34.6 Å². The van der Waals surface area contributed by atoms with Crippen LogP contribution >= 0.6 is 11.6 Å². The second-order valence-electron chi connectivity index (χ2n) is 4.44. The number of carboxylic acids is 1. The predicted molar refractivity (Wildman–Crippen MR) is 72.8 cm³/mol. The van der Waals surface area contributed by atoms with Gasteiger partial charge in [-0.15, -0.1) is 0 Å². The van der Waals surface area contributed by atoms with Crippen molar-refractivity contribution in [1.82, 2.24) is 4.90 Å². The number of amides is 2. The minimum Gasteiger partial charge on any atom is -0.478 e. The maximum absolute atomic E-state index is 12.1. The van der Waals surface area contributed by atoms with Crippen molar-refractivity contribution in [3.63, 3.8) is 0 Å². The number of carbonyl (C=O) groups is 2. The molecular weight excluding hydrogens is 268 g/mol. The van der Waals surface area contributed by atoms with E-state index in [4.69, 9.17) is 16.7 Å². The molecule has 1 aliphatic rings. The summed E-state index contributed by atoms with van der Waals surface area (Å²) < 4.78 is 0. The van der Waals surface area contributed by atoms with E-state index in [1.54, 1.807) is 4.90 Å².